The minimum Gasteiger partial charge on any atom is -0.325 e. The molecule has 0 spiro atoms. The van der Waals surface area contributed by atoms with Gasteiger partial charge in [0.25, 0.3) is 0 Å². The molecule has 19 heavy (non-hydrogen) atoms. The van der Waals surface area contributed by atoms with Crippen LogP contribution in [-0.4, -0.2) is 5.91 Å². The molecule has 0 radical (unpaired) electrons. The van der Waals surface area contributed by atoms with E-state index in [1.165, 1.54) is 23.5 Å². The van der Waals surface area contributed by atoms with Gasteiger partial charge in [0, 0.05) is 5.38 Å². The Morgan fingerprint density at radius 1 is 1.16 bits per heavy atom. The van der Waals surface area contributed by atoms with Gasteiger partial charge < -0.3 is 5.32 Å². The Hall–Kier alpha value is -1.82. The van der Waals surface area contributed by atoms with E-state index in [1.54, 1.807) is 11.4 Å². The van der Waals surface area contributed by atoms with Crippen LogP contribution in [0.2, 0.25) is 0 Å². The molecule has 0 bridgehead atoms. The second-order valence-electron chi connectivity index (χ2n) is 3.93. The molecule has 0 atom stereocenters. The molecule has 1 amide bonds. The number of alkyl halides is 3. The molecule has 0 aliphatic carbocycles. The molecule has 0 aliphatic rings. The summed E-state index contributed by atoms with van der Waals surface area (Å²) in [6.07, 6.45) is -4.30. The van der Waals surface area contributed by atoms with Gasteiger partial charge in [-0.25, -0.2) is 0 Å². The van der Waals surface area contributed by atoms with Crippen LogP contribution < -0.4 is 5.32 Å². The van der Waals surface area contributed by atoms with Crippen LogP contribution in [0.15, 0.2) is 41.1 Å². The highest BCUT2D eigenvalue weighted by molar-refractivity contribution is 7.08. The van der Waals surface area contributed by atoms with Crippen LogP contribution in [0.5, 0.6) is 0 Å². The van der Waals surface area contributed by atoms with E-state index in [4.69, 9.17) is 0 Å². The Bertz CT molecular complexity index is 546. The number of halogens is 3. The SMILES string of the molecule is O=C(Cc1ccc(C(F)(F)F)cc1)Nc1ccsc1. The maximum atomic E-state index is 12.4. The number of amides is 1. The average molecular weight is 285 g/mol. The Balaban J connectivity index is 1.98. The lowest BCUT2D eigenvalue weighted by Gasteiger charge is -2.07. The maximum Gasteiger partial charge on any atom is 0.416 e. The molecule has 2 rings (SSSR count). The van der Waals surface area contributed by atoms with Crippen molar-refractivity contribution in [1.82, 2.24) is 0 Å². The van der Waals surface area contributed by atoms with Crippen molar-refractivity contribution < 1.29 is 18.0 Å². The second-order valence-corrected chi connectivity index (χ2v) is 4.71. The summed E-state index contributed by atoms with van der Waals surface area (Å²) < 4.78 is 37.1. The minimum absolute atomic E-state index is 0.0496. The van der Waals surface area contributed by atoms with E-state index in [0.29, 0.717) is 11.3 Å². The fraction of sp³-hybridized carbons (Fsp3) is 0.154. The van der Waals surface area contributed by atoms with Crippen LogP contribution in [0, 0.1) is 0 Å². The van der Waals surface area contributed by atoms with Crippen molar-refractivity contribution in [2.45, 2.75) is 12.6 Å². The van der Waals surface area contributed by atoms with Crippen molar-refractivity contribution in [3.05, 3.63) is 52.2 Å². The molecule has 0 saturated carbocycles. The first-order valence-corrected chi connectivity index (χ1v) is 6.37. The topological polar surface area (TPSA) is 29.1 Å². The van der Waals surface area contributed by atoms with Crippen LogP contribution in [-0.2, 0) is 17.4 Å². The number of carbonyl (C=O) groups excluding carboxylic acids is 1. The summed E-state index contributed by atoms with van der Waals surface area (Å²) in [6.45, 7) is 0. The van der Waals surface area contributed by atoms with Crippen LogP contribution in [0.1, 0.15) is 11.1 Å². The zero-order chi connectivity index (χ0) is 13.9. The highest BCUT2D eigenvalue weighted by Gasteiger charge is 2.29. The Morgan fingerprint density at radius 2 is 1.84 bits per heavy atom. The van der Waals surface area contributed by atoms with Crippen LogP contribution >= 0.6 is 11.3 Å². The summed E-state index contributed by atoms with van der Waals surface area (Å²) in [5.41, 5.74) is 0.525. The normalized spacial score (nSPS) is 11.3. The summed E-state index contributed by atoms with van der Waals surface area (Å²) >= 11 is 1.45. The van der Waals surface area contributed by atoms with E-state index >= 15 is 0 Å². The summed E-state index contributed by atoms with van der Waals surface area (Å²) in [6, 6.07) is 6.35. The van der Waals surface area contributed by atoms with Gasteiger partial charge in [0.2, 0.25) is 5.91 Å². The molecule has 0 fully saturated rings. The standard InChI is InChI=1S/C13H10F3NOS/c14-13(15,16)10-3-1-9(2-4-10)7-12(18)17-11-5-6-19-8-11/h1-6,8H,7H2,(H,17,18). The highest BCUT2D eigenvalue weighted by Crippen LogP contribution is 2.29. The molecule has 6 heteroatoms. The molecule has 100 valence electrons. The number of carbonyl (C=O) groups is 1. The fourth-order valence-corrected chi connectivity index (χ4v) is 2.13. The number of rotatable bonds is 3. The summed E-state index contributed by atoms with van der Waals surface area (Å²) in [7, 11) is 0. The summed E-state index contributed by atoms with van der Waals surface area (Å²) in [5, 5.41) is 6.27. The summed E-state index contributed by atoms with van der Waals surface area (Å²) in [5.74, 6) is -0.252. The molecule has 1 heterocycles. The lowest BCUT2D eigenvalue weighted by Crippen LogP contribution is -2.14. The van der Waals surface area contributed by atoms with Crippen molar-refractivity contribution in [2.75, 3.05) is 5.32 Å². The molecule has 2 nitrogen and oxygen atoms in total. The third-order valence-electron chi connectivity index (χ3n) is 2.45. The number of nitrogens with one attached hydrogen (secondary N) is 1. The van der Waals surface area contributed by atoms with Gasteiger partial charge in [-0.15, -0.1) is 0 Å². The van der Waals surface area contributed by atoms with Gasteiger partial charge >= 0.3 is 6.18 Å². The van der Waals surface area contributed by atoms with Crippen LogP contribution in [0.4, 0.5) is 18.9 Å². The Morgan fingerprint density at radius 3 is 2.37 bits per heavy atom. The third-order valence-corrected chi connectivity index (χ3v) is 3.13. The van der Waals surface area contributed by atoms with Gasteiger partial charge in [-0.1, -0.05) is 12.1 Å². The quantitative estimate of drug-likeness (QED) is 0.909. The first kappa shape index (κ1) is 13.6. The van der Waals surface area contributed by atoms with Crippen molar-refractivity contribution in [3.63, 3.8) is 0 Å². The predicted octanol–water partition coefficient (Wildman–Crippen LogP) is 3.95. The lowest BCUT2D eigenvalue weighted by atomic mass is 10.1. The summed E-state index contributed by atoms with van der Waals surface area (Å²) in [4.78, 5) is 11.6. The van der Waals surface area contributed by atoms with Crippen molar-refractivity contribution in [3.8, 4) is 0 Å². The second kappa shape index (κ2) is 5.44. The molecule has 0 unspecified atom stereocenters. The average Bonchev–Trinajstić information content (AvgIpc) is 2.81. The van der Waals surface area contributed by atoms with Crippen LogP contribution in [0.3, 0.4) is 0 Å². The maximum absolute atomic E-state index is 12.4. The Kier molecular flexibility index (Phi) is 3.90. The largest absolute Gasteiger partial charge is 0.416 e. The number of benzene rings is 1. The van der Waals surface area contributed by atoms with E-state index in [2.05, 4.69) is 5.32 Å². The molecule has 1 N–H and O–H groups in total. The third kappa shape index (κ3) is 3.82. The number of hydrogen-bond donors (Lipinski definition) is 1. The van der Waals surface area contributed by atoms with E-state index in [9.17, 15) is 18.0 Å². The highest BCUT2D eigenvalue weighted by atomic mass is 32.1. The number of thiophene rings is 1. The molecule has 0 saturated heterocycles. The van der Waals surface area contributed by atoms with Gasteiger partial charge in [0.15, 0.2) is 0 Å². The van der Waals surface area contributed by atoms with Crippen molar-refractivity contribution in [2.24, 2.45) is 0 Å². The lowest BCUT2D eigenvalue weighted by molar-refractivity contribution is -0.137. The Labute approximate surface area is 111 Å². The first-order chi connectivity index (χ1) is 8.95. The molecule has 1 aromatic carbocycles. The molecule has 1 aromatic heterocycles. The molecular formula is C13H10F3NOS. The minimum atomic E-state index is -4.35. The van der Waals surface area contributed by atoms with E-state index in [1.807, 2.05) is 5.38 Å². The predicted molar refractivity (Wildman–Crippen MR) is 68.1 cm³/mol. The van der Waals surface area contributed by atoms with E-state index in [0.717, 1.165) is 12.1 Å². The molecular weight excluding hydrogens is 275 g/mol. The molecule has 0 aliphatic heterocycles. The van der Waals surface area contributed by atoms with Gasteiger partial charge in [0.05, 0.1) is 17.7 Å². The smallest absolute Gasteiger partial charge is 0.325 e. The van der Waals surface area contributed by atoms with Crippen molar-refractivity contribution >= 4 is 22.9 Å². The fourth-order valence-electron chi connectivity index (χ4n) is 1.54. The van der Waals surface area contributed by atoms with Crippen molar-refractivity contribution in [1.29, 1.82) is 0 Å². The zero-order valence-corrected chi connectivity index (χ0v) is 10.5. The zero-order valence-electron chi connectivity index (χ0n) is 9.70. The number of anilines is 1. The van der Waals surface area contributed by atoms with Gasteiger partial charge in [0.1, 0.15) is 0 Å². The van der Waals surface area contributed by atoms with Gasteiger partial charge in [-0.05, 0) is 29.1 Å². The first-order valence-electron chi connectivity index (χ1n) is 5.43. The number of hydrogen-bond acceptors (Lipinski definition) is 2. The van der Waals surface area contributed by atoms with Gasteiger partial charge in [-0.3, -0.25) is 4.79 Å². The molecule has 2 aromatic rings. The monoisotopic (exact) mass is 285 g/mol. The van der Waals surface area contributed by atoms with E-state index < -0.39 is 11.7 Å². The van der Waals surface area contributed by atoms with E-state index in [-0.39, 0.29) is 12.3 Å². The van der Waals surface area contributed by atoms with Crippen LogP contribution in [0.25, 0.3) is 0 Å². The van der Waals surface area contributed by atoms with Gasteiger partial charge in [-0.2, -0.15) is 24.5 Å².